The van der Waals surface area contributed by atoms with Crippen molar-refractivity contribution in [2.75, 3.05) is 6.61 Å². The molecule has 1 rings (SSSR count). The summed E-state index contributed by atoms with van der Waals surface area (Å²) in [5, 5.41) is 0. The summed E-state index contributed by atoms with van der Waals surface area (Å²) in [5.74, 6) is -2.62. The van der Waals surface area contributed by atoms with Crippen LogP contribution in [0.2, 0.25) is 0 Å². The van der Waals surface area contributed by atoms with Crippen LogP contribution in [-0.2, 0) is 35.1 Å². The maximum absolute atomic E-state index is 12.4. The molecule has 0 aromatic heterocycles. The van der Waals surface area contributed by atoms with Crippen LogP contribution in [0, 0.1) is 17.3 Å². The van der Waals surface area contributed by atoms with Gasteiger partial charge < -0.3 is 24.7 Å². The van der Waals surface area contributed by atoms with E-state index in [0.717, 1.165) is 0 Å². The summed E-state index contributed by atoms with van der Waals surface area (Å²) in [5.41, 5.74) is 5.96. The van der Waals surface area contributed by atoms with E-state index < -0.39 is 41.4 Å². The Hall–Kier alpha value is -2.94. The fraction of sp³-hybridized carbons (Fsp3) is 0.615. The first-order chi connectivity index (χ1) is 16.2. The van der Waals surface area contributed by atoms with Crippen LogP contribution in [-0.4, -0.2) is 42.6 Å². The lowest BCUT2D eigenvalue weighted by molar-refractivity contribution is -0.166. The molecule has 0 fully saturated rings. The van der Waals surface area contributed by atoms with Crippen molar-refractivity contribution in [3.8, 4) is 11.5 Å². The van der Waals surface area contributed by atoms with E-state index in [9.17, 15) is 19.2 Å². The lowest BCUT2D eigenvalue weighted by atomic mass is 9.91. The van der Waals surface area contributed by atoms with Crippen molar-refractivity contribution in [1.82, 2.24) is 0 Å². The fourth-order valence-corrected chi connectivity index (χ4v) is 2.46. The van der Waals surface area contributed by atoms with Crippen LogP contribution in [0.4, 0.5) is 0 Å². The summed E-state index contributed by atoms with van der Waals surface area (Å²) in [4.78, 5) is 48.7. The smallest absolute Gasteiger partial charge is 0.323 e. The van der Waals surface area contributed by atoms with Gasteiger partial charge in [-0.15, -0.1) is 0 Å². The number of nitrogens with two attached hydrogens (primary N) is 1. The van der Waals surface area contributed by atoms with Gasteiger partial charge in [0.2, 0.25) is 0 Å². The summed E-state index contributed by atoms with van der Waals surface area (Å²) >= 11 is 0. The second-order valence-electron chi connectivity index (χ2n) is 9.83. The van der Waals surface area contributed by atoms with Crippen molar-refractivity contribution in [2.24, 2.45) is 23.0 Å². The molecule has 9 nitrogen and oxygen atoms in total. The van der Waals surface area contributed by atoms with Crippen molar-refractivity contribution in [2.45, 2.75) is 80.4 Å². The summed E-state index contributed by atoms with van der Waals surface area (Å²) in [6, 6.07) is 3.61. The molecule has 2 N–H and O–H groups in total. The topological polar surface area (TPSA) is 131 Å². The second-order valence-corrected chi connectivity index (χ2v) is 9.83. The second kappa shape index (κ2) is 13.2. The first-order valence-corrected chi connectivity index (χ1v) is 11.9. The van der Waals surface area contributed by atoms with E-state index in [1.165, 1.54) is 12.1 Å². The van der Waals surface area contributed by atoms with E-state index in [4.69, 9.17) is 24.7 Å². The molecular formula is C26H39NO8. The van der Waals surface area contributed by atoms with Crippen LogP contribution < -0.4 is 15.2 Å². The van der Waals surface area contributed by atoms with Crippen molar-refractivity contribution in [3.05, 3.63) is 23.8 Å². The minimum atomic E-state index is -1.01. The molecular weight excluding hydrogens is 454 g/mol. The van der Waals surface area contributed by atoms with Gasteiger partial charge in [-0.3, -0.25) is 19.2 Å². The first kappa shape index (κ1) is 30.1. The highest BCUT2D eigenvalue weighted by atomic mass is 16.6. The number of hydrogen-bond donors (Lipinski definition) is 1. The predicted octanol–water partition coefficient (Wildman–Crippen LogP) is 3.59. The Morgan fingerprint density at radius 1 is 0.886 bits per heavy atom. The summed E-state index contributed by atoms with van der Waals surface area (Å²) in [6.45, 7) is 13.7. The average Bonchev–Trinajstić information content (AvgIpc) is 2.78. The van der Waals surface area contributed by atoms with Crippen LogP contribution >= 0.6 is 0 Å². The molecule has 0 saturated carbocycles. The first-order valence-electron chi connectivity index (χ1n) is 11.9. The minimum absolute atomic E-state index is 0.0647. The Bertz CT molecular complexity index is 907. The van der Waals surface area contributed by atoms with Gasteiger partial charge >= 0.3 is 23.9 Å². The fourth-order valence-electron chi connectivity index (χ4n) is 2.46. The van der Waals surface area contributed by atoms with E-state index in [2.05, 4.69) is 0 Å². The minimum Gasteiger partial charge on any atom is -0.461 e. The van der Waals surface area contributed by atoms with E-state index in [0.29, 0.717) is 12.0 Å². The predicted molar refractivity (Wildman–Crippen MR) is 130 cm³/mol. The standard InChI is InChI=1S/C26H39NO8/c1-9-26(7,8)25(31)33-17(6)14-32-24(30)19(27)12-18-10-11-20(34-22(28)15(2)3)21(13-18)35-23(29)16(4)5/h10-11,13,15-17,19H,9,12,14,27H2,1-8H3/t17-,19-/m0/s1. The molecule has 2 atom stereocenters. The number of ether oxygens (including phenoxy) is 4. The molecule has 1 aromatic rings. The zero-order chi connectivity index (χ0) is 26.9. The Labute approximate surface area is 207 Å². The summed E-state index contributed by atoms with van der Waals surface area (Å²) in [6.07, 6.45) is 0.0784. The Morgan fingerprint density at radius 3 is 1.94 bits per heavy atom. The van der Waals surface area contributed by atoms with Crippen molar-refractivity contribution in [1.29, 1.82) is 0 Å². The largest absolute Gasteiger partial charge is 0.461 e. The van der Waals surface area contributed by atoms with Gasteiger partial charge in [-0.2, -0.15) is 0 Å². The van der Waals surface area contributed by atoms with Crippen molar-refractivity contribution < 1.29 is 38.1 Å². The maximum Gasteiger partial charge on any atom is 0.323 e. The van der Waals surface area contributed by atoms with Crippen LogP contribution in [0.5, 0.6) is 11.5 Å². The lowest BCUT2D eigenvalue weighted by Crippen LogP contribution is -2.37. The molecule has 35 heavy (non-hydrogen) atoms. The van der Waals surface area contributed by atoms with Crippen LogP contribution in [0.3, 0.4) is 0 Å². The molecule has 0 radical (unpaired) electrons. The third kappa shape index (κ3) is 9.68. The van der Waals surface area contributed by atoms with Gasteiger partial charge in [-0.1, -0.05) is 40.7 Å². The molecule has 0 amide bonds. The SMILES string of the molecule is CCC(C)(C)C(=O)O[C@@H](C)COC(=O)[C@@H](N)Cc1ccc(OC(=O)C(C)C)c(OC(=O)C(C)C)c1. The summed E-state index contributed by atoms with van der Waals surface area (Å²) in [7, 11) is 0. The van der Waals surface area contributed by atoms with Gasteiger partial charge in [-0.05, 0) is 51.3 Å². The van der Waals surface area contributed by atoms with Gasteiger partial charge in [0.05, 0.1) is 17.3 Å². The van der Waals surface area contributed by atoms with Gasteiger partial charge in [0, 0.05) is 0 Å². The molecule has 0 heterocycles. The quantitative estimate of drug-likeness (QED) is 0.343. The molecule has 0 bridgehead atoms. The van der Waals surface area contributed by atoms with Gasteiger partial charge in [-0.25, -0.2) is 0 Å². The highest BCUT2D eigenvalue weighted by molar-refractivity contribution is 5.79. The molecule has 0 spiro atoms. The molecule has 0 unspecified atom stereocenters. The maximum atomic E-state index is 12.4. The molecule has 0 aliphatic heterocycles. The lowest BCUT2D eigenvalue weighted by Gasteiger charge is -2.23. The third-order valence-electron chi connectivity index (χ3n) is 5.34. The Kier molecular flexibility index (Phi) is 11.4. The number of esters is 4. The number of carbonyl (C=O) groups is 4. The van der Waals surface area contributed by atoms with Crippen LogP contribution in [0.15, 0.2) is 18.2 Å². The zero-order valence-electron chi connectivity index (χ0n) is 22.0. The molecule has 0 aliphatic carbocycles. The normalized spacial score (nSPS) is 13.2. The molecule has 0 saturated heterocycles. The number of hydrogen-bond acceptors (Lipinski definition) is 9. The molecule has 9 heteroatoms. The van der Waals surface area contributed by atoms with E-state index in [1.54, 1.807) is 54.5 Å². The van der Waals surface area contributed by atoms with Gasteiger partial charge in [0.15, 0.2) is 11.5 Å². The highest BCUT2D eigenvalue weighted by Crippen LogP contribution is 2.30. The number of carbonyl (C=O) groups excluding carboxylic acids is 4. The third-order valence-corrected chi connectivity index (χ3v) is 5.34. The monoisotopic (exact) mass is 493 g/mol. The Morgan fingerprint density at radius 2 is 1.43 bits per heavy atom. The van der Waals surface area contributed by atoms with E-state index in [1.807, 2.05) is 6.92 Å². The molecule has 1 aromatic carbocycles. The number of benzene rings is 1. The van der Waals surface area contributed by atoms with Crippen LogP contribution in [0.25, 0.3) is 0 Å². The van der Waals surface area contributed by atoms with Crippen LogP contribution in [0.1, 0.15) is 67.4 Å². The Balaban J connectivity index is 2.84. The summed E-state index contributed by atoms with van der Waals surface area (Å²) < 4.78 is 21.3. The number of rotatable bonds is 12. The van der Waals surface area contributed by atoms with E-state index >= 15 is 0 Å². The van der Waals surface area contributed by atoms with Gasteiger partial charge in [0.1, 0.15) is 18.8 Å². The molecule has 0 aliphatic rings. The molecule has 196 valence electrons. The average molecular weight is 494 g/mol. The van der Waals surface area contributed by atoms with Gasteiger partial charge in [0.25, 0.3) is 0 Å². The zero-order valence-corrected chi connectivity index (χ0v) is 22.0. The highest BCUT2D eigenvalue weighted by Gasteiger charge is 2.29. The van der Waals surface area contributed by atoms with Crippen molar-refractivity contribution >= 4 is 23.9 Å². The van der Waals surface area contributed by atoms with Crippen molar-refractivity contribution in [3.63, 3.8) is 0 Å². The van der Waals surface area contributed by atoms with E-state index in [-0.39, 0.29) is 36.4 Å².